The first-order valence-corrected chi connectivity index (χ1v) is 11.7. The molecule has 1 N–H and O–H groups in total. The predicted molar refractivity (Wildman–Crippen MR) is 121 cm³/mol. The number of nitrogens with zero attached hydrogens (tertiary/aromatic N) is 3. The lowest BCUT2D eigenvalue weighted by Crippen LogP contribution is -2.46. The highest BCUT2D eigenvalue weighted by Gasteiger charge is 2.47. The number of nitrogens with one attached hydrogen (secondary N) is 1. The third kappa shape index (κ3) is 4.61. The van der Waals surface area contributed by atoms with E-state index in [-0.39, 0.29) is 42.5 Å². The number of rotatable bonds is 6. The number of amides is 3. The molecule has 31 heavy (non-hydrogen) atoms. The lowest BCUT2D eigenvalue weighted by Gasteiger charge is -2.36. The van der Waals surface area contributed by atoms with E-state index in [1.165, 1.54) is 10.6 Å². The number of likely N-dealkylation sites (tertiary alicyclic amines) is 1. The highest BCUT2D eigenvalue weighted by atomic mass is 16.2. The lowest BCUT2D eigenvalue weighted by molar-refractivity contribution is -0.140. The first-order chi connectivity index (χ1) is 15.0. The lowest BCUT2D eigenvalue weighted by atomic mass is 9.81. The third-order valence-electron chi connectivity index (χ3n) is 7.14. The maximum Gasteiger partial charge on any atom is 0.233 e. The first-order valence-electron chi connectivity index (χ1n) is 11.7. The SMILES string of the molecule is CCN1CCN(c2ccc(NC(=O)CCN3C(=O)[C@@H]4CCCC[C@H]4C3=O)cc2C)CC1. The summed E-state index contributed by atoms with van der Waals surface area (Å²) in [7, 11) is 0. The Bertz CT molecular complexity index is 823. The van der Waals surface area contributed by atoms with Gasteiger partial charge in [-0.2, -0.15) is 0 Å². The highest BCUT2D eigenvalue weighted by molar-refractivity contribution is 6.05. The summed E-state index contributed by atoms with van der Waals surface area (Å²) in [5.41, 5.74) is 3.10. The maximum atomic E-state index is 12.6. The Kier molecular flexibility index (Phi) is 6.60. The number of aryl methyl sites for hydroxylation is 1. The number of benzene rings is 1. The second-order valence-electron chi connectivity index (χ2n) is 9.05. The van der Waals surface area contributed by atoms with Crippen molar-refractivity contribution in [2.45, 2.75) is 46.0 Å². The average molecular weight is 427 g/mol. The van der Waals surface area contributed by atoms with E-state index in [2.05, 4.69) is 35.0 Å². The van der Waals surface area contributed by atoms with Gasteiger partial charge in [0.25, 0.3) is 0 Å². The number of likely N-dealkylation sites (N-methyl/N-ethyl adjacent to an activating group) is 1. The number of fused-ring (bicyclic) bond motifs is 1. The van der Waals surface area contributed by atoms with Crippen molar-refractivity contribution in [1.29, 1.82) is 0 Å². The molecule has 3 fully saturated rings. The van der Waals surface area contributed by atoms with Gasteiger partial charge >= 0.3 is 0 Å². The summed E-state index contributed by atoms with van der Waals surface area (Å²) in [6.45, 7) is 9.71. The largest absolute Gasteiger partial charge is 0.369 e. The molecule has 1 aliphatic carbocycles. The quantitative estimate of drug-likeness (QED) is 0.708. The van der Waals surface area contributed by atoms with E-state index < -0.39 is 0 Å². The van der Waals surface area contributed by atoms with Crippen LogP contribution in [0.1, 0.15) is 44.6 Å². The molecule has 2 saturated heterocycles. The van der Waals surface area contributed by atoms with Gasteiger partial charge in [0.1, 0.15) is 0 Å². The predicted octanol–water partition coefficient (Wildman–Crippen LogP) is 2.64. The van der Waals surface area contributed by atoms with Crippen LogP contribution in [-0.4, -0.2) is 66.8 Å². The Morgan fingerprint density at radius 1 is 1.03 bits per heavy atom. The zero-order valence-corrected chi connectivity index (χ0v) is 18.7. The van der Waals surface area contributed by atoms with Crippen LogP contribution in [0.15, 0.2) is 18.2 Å². The van der Waals surface area contributed by atoms with Gasteiger partial charge in [-0.15, -0.1) is 0 Å². The molecule has 0 unspecified atom stereocenters. The Morgan fingerprint density at radius 2 is 1.68 bits per heavy atom. The normalized spacial score (nSPS) is 24.5. The summed E-state index contributed by atoms with van der Waals surface area (Å²) < 4.78 is 0. The van der Waals surface area contributed by atoms with Crippen molar-refractivity contribution in [1.82, 2.24) is 9.80 Å². The molecule has 4 rings (SSSR count). The fourth-order valence-electron chi connectivity index (χ4n) is 5.28. The second-order valence-corrected chi connectivity index (χ2v) is 9.05. The van der Waals surface area contributed by atoms with Crippen LogP contribution in [0.4, 0.5) is 11.4 Å². The van der Waals surface area contributed by atoms with Gasteiger partial charge in [0.05, 0.1) is 11.8 Å². The second kappa shape index (κ2) is 9.39. The molecule has 0 aromatic heterocycles. The summed E-state index contributed by atoms with van der Waals surface area (Å²) in [6, 6.07) is 6.01. The molecule has 1 aromatic rings. The summed E-state index contributed by atoms with van der Waals surface area (Å²) >= 11 is 0. The molecular weight excluding hydrogens is 392 g/mol. The minimum atomic E-state index is -0.167. The van der Waals surface area contributed by atoms with Crippen molar-refractivity contribution >= 4 is 29.1 Å². The zero-order chi connectivity index (χ0) is 22.0. The summed E-state index contributed by atoms with van der Waals surface area (Å²) in [5, 5.41) is 2.93. The van der Waals surface area contributed by atoms with Gasteiger partial charge in [-0.25, -0.2) is 0 Å². The highest BCUT2D eigenvalue weighted by Crippen LogP contribution is 2.38. The van der Waals surface area contributed by atoms with E-state index in [9.17, 15) is 14.4 Å². The molecule has 7 nitrogen and oxygen atoms in total. The van der Waals surface area contributed by atoms with Crippen LogP contribution in [0.2, 0.25) is 0 Å². The summed E-state index contributed by atoms with van der Waals surface area (Å²) in [5.74, 6) is -0.631. The number of anilines is 2. The summed E-state index contributed by atoms with van der Waals surface area (Å²) in [6.07, 6.45) is 3.76. The van der Waals surface area contributed by atoms with Crippen molar-refractivity contribution in [2.24, 2.45) is 11.8 Å². The van der Waals surface area contributed by atoms with E-state index in [0.717, 1.165) is 69.7 Å². The molecule has 168 valence electrons. The van der Waals surface area contributed by atoms with Crippen LogP contribution in [0, 0.1) is 18.8 Å². The minimum absolute atomic E-state index is 0.0779. The molecule has 2 aliphatic heterocycles. The van der Waals surface area contributed by atoms with Crippen LogP contribution in [0.5, 0.6) is 0 Å². The topological polar surface area (TPSA) is 73.0 Å². The molecule has 1 saturated carbocycles. The molecule has 0 bridgehead atoms. The Morgan fingerprint density at radius 3 is 2.26 bits per heavy atom. The van der Waals surface area contributed by atoms with Crippen LogP contribution in [-0.2, 0) is 14.4 Å². The van der Waals surface area contributed by atoms with Crippen molar-refractivity contribution in [3.05, 3.63) is 23.8 Å². The average Bonchev–Trinajstić information content (AvgIpc) is 3.02. The molecule has 3 amide bonds. The fraction of sp³-hybridized carbons (Fsp3) is 0.625. The van der Waals surface area contributed by atoms with E-state index in [0.29, 0.717) is 0 Å². The van der Waals surface area contributed by atoms with Gasteiger partial charge in [0.2, 0.25) is 17.7 Å². The van der Waals surface area contributed by atoms with Gasteiger partial charge < -0.3 is 15.1 Å². The first kappa shape index (κ1) is 21.8. The number of hydrogen-bond donors (Lipinski definition) is 1. The monoisotopic (exact) mass is 426 g/mol. The zero-order valence-electron chi connectivity index (χ0n) is 18.7. The molecule has 0 radical (unpaired) electrons. The van der Waals surface area contributed by atoms with Gasteiger partial charge in [0, 0.05) is 50.5 Å². The van der Waals surface area contributed by atoms with Crippen molar-refractivity contribution in [3.8, 4) is 0 Å². The Balaban J connectivity index is 1.30. The number of carbonyl (C=O) groups excluding carboxylic acids is 3. The van der Waals surface area contributed by atoms with Crippen LogP contribution >= 0.6 is 0 Å². The van der Waals surface area contributed by atoms with Crippen molar-refractivity contribution < 1.29 is 14.4 Å². The maximum absolute atomic E-state index is 12.6. The van der Waals surface area contributed by atoms with Crippen molar-refractivity contribution in [3.63, 3.8) is 0 Å². The number of hydrogen-bond acceptors (Lipinski definition) is 5. The molecule has 2 heterocycles. The van der Waals surface area contributed by atoms with Gasteiger partial charge in [-0.05, 0) is 50.1 Å². The minimum Gasteiger partial charge on any atom is -0.369 e. The molecule has 2 atom stereocenters. The number of imide groups is 1. The van der Waals surface area contributed by atoms with E-state index >= 15 is 0 Å². The van der Waals surface area contributed by atoms with E-state index in [4.69, 9.17) is 0 Å². The van der Waals surface area contributed by atoms with Crippen LogP contribution in [0.25, 0.3) is 0 Å². The Labute approximate surface area is 184 Å². The van der Waals surface area contributed by atoms with E-state index in [1.807, 2.05) is 12.1 Å². The molecular formula is C24H34N4O3. The van der Waals surface area contributed by atoms with Crippen molar-refractivity contribution in [2.75, 3.05) is 49.5 Å². The van der Waals surface area contributed by atoms with Gasteiger partial charge in [-0.1, -0.05) is 19.8 Å². The van der Waals surface area contributed by atoms with Crippen LogP contribution < -0.4 is 10.2 Å². The third-order valence-corrected chi connectivity index (χ3v) is 7.14. The molecule has 3 aliphatic rings. The van der Waals surface area contributed by atoms with Gasteiger partial charge in [0.15, 0.2) is 0 Å². The van der Waals surface area contributed by atoms with Gasteiger partial charge in [-0.3, -0.25) is 19.3 Å². The van der Waals surface area contributed by atoms with E-state index in [1.54, 1.807) is 0 Å². The standard InChI is InChI=1S/C24H34N4O3/c1-3-26-12-14-27(15-13-26)21-9-8-18(16-17(21)2)25-22(29)10-11-28-23(30)19-6-4-5-7-20(19)24(28)31/h8-9,16,19-20H,3-7,10-15H2,1-2H3,(H,25,29)/t19-,20-/m1/s1. The molecule has 7 heteroatoms. The van der Waals surface area contributed by atoms with Crippen LogP contribution in [0.3, 0.4) is 0 Å². The summed E-state index contributed by atoms with van der Waals surface area (Å²) in [4.78, 5) is 43.8. The number of carbonyl (C=O) groups is 3. The molecule has 0 spiro atoms. The fourth-order valence-corrected chi connectivity index (χ4v) is 5.28. The Hall–Kier alpha value is -2.41. The molecule has 1 aromatic carbocycles. The smallest absolute Gasteiger partial charge is 0.233 e. The number of piperazine rings is 1.